The van der Waals surface area contributed by atoms with Crippen LogP contribution in [0.4, 0.5) is 5.00 Å². The van der Waals surface area contributed by atoms with Gasteiger partial charge >= 0.3 is 5.97 Å². The molecule has 0 aliphatic heterocycles. The van der Waals surface area contributed by atoms with Crippen LogP contribution in [0, 0.1) is 0 Å². The highest BCUT2D eigenvalue weighted by Gasteiger charge is 2.27. The van der Waals surface area contributed by atoms with Gasteiger partial charge in [0.2, 0.25) is 5.91 Å². The number of thiophene rings is 1. The largest absolute Gasteiger partial charge is 0.483 e. The lowest BCUT2D eigenvalue weighted by Gasteiger charge is -2.14. The lowest BCUT2D eigenvalue weighted by molar-refractivity contribution is -0.113. The van der Waals surface area contributed by atoms with Crippen LogP contribution < -0.4 is 10.1 Å². The average molecular weight is 529 g/mol. The maximum Gasteiger partial charge on any atom is 0.341 e. The van der Waals surface area contributed by atoms with E-state index >= 15 is 0 Å². The second-order valence-electron chi connectivity index (χ2n) is 8.63. The van der Waals surface area contributed by atoms with E-state index in [4.69, 9.17) is 9.47 Å². The summed E-state index contributed by atoms with van der Waals surface area (Å²) in [6, 6.07) is 8.02. The Balaban J connectivity index is 1.39. The Morgan fingerprint density at radius 3 is 2.64 bits per heavy atom. The van der Waals surface area contributed by atoms with Gasteiger partial charge < -0.3 is 19.4 Å². The fourth-order valence-corrected chi connectivity index (χ4v) is 6.24. The summed E-state index contributed by atoms with van der Waals surface area (Å²) in [5, 5.41) is 12.7. The number of hydrogen-bond donors (Lipinski definition) is 1. The fraction of sp³-hybridized carbons (Fsp3) is 0.462. The summed E-state index contributed by atoms with van der Waals surface area (Å²) in [5.74, 6) is 1.02. The molecule has 192 valence electrons. The number of thioether (sulfide) groups is 1. The molecule has 0 radical (unpaired) electrons. The number of nitrogens with one attached hydrogen (secondary N) is 1. The highest BCUT2D eigenvalue weighted by molar-refractivity contribution is 7.99. The Morgan fingerprint density at radius 2 is 1.92 bits per heavy atom. The molecule has 2 aromatic heterocycles. The number of aromatic nitrogens is 3. The van der Waals surface area contributed by atoms with E-state index in [9.17, 15) is 9.59 Å². The Morgan fingerprint density at radius 1 is 1.17 bits per heavy atom. The number of amides is 1. The zero-order chi connectivity index (χ0) is 25.7. The van der Waals surface area contributed by atoms with Gasteiger partial charge in [-0.25, -0.2) is 4.79 Å². The van der Waals surface area contributed by atoms with Crippen molar-refractivity contribution in [3.63, 3.8) is 0 Å². The van der Waals surface area contributed by atoms with Crippen LogP contribution in [0.2, 0.25) is 0 Å². The third kappa shape index (κ3) is 5.92. The van der Waals surface area contributed by atoms with Crippen molar-refractivity contribution in [2.75, 3.05) is 17.7 Å². The molecule has 10 heteroatoms. The van der Waals surface area contributed by atoms with Gasteiger partial charge in [-0.1, -0.05) is 30.8 Å². The zero-order valence-electron chi connectivity index (χ0n) is 21.1. The van der Waals surface area contributed by atoms with Crippen molar-refractivity contribution in [2.45, 2.75) is 64.1 Å². The van der Waals surface area contributed by atoms with Gasteiger partial charge in [-0.15, -0.1) is 21.5 Å². The molecule has 1 atom stereocenters. The lowest BCUT2D eigenvalue weighted by Crippen LogP contribution is -2.17. The van der Waals surface area contributed by atoms with Crippen LogP contribution >= 0.6 is 23.1 Å². The predicted molar refractivity (Wildman–Crippen MR) is 142 cm³/mol. The van der Waals surface area contributed by atoms with Crippen molar-refractivity contribution in [1.82, 2.24) is 14.8 Å². The number of carbonyl (C=O) groups excluding carboxylic acids is 2. The van der Waals surface area contributed by atoms with E-state index in [1.807, 2.05) is 30.7 Å². The van der Waals surface area contributed by atoms with Crippen LogP contribution in [0.3, 0.4) is 0 Å². The van der Waals surface area contributed by atoms with Gasteiger partial charge in [-0.2, -0.15) is 0 Å². The molecular weight excluding hydrogens is 496 g/mol. The van der Waals surface area contributed by atoms with Crippen LogP contribution in [-0.4, -0.2) is 39.0 Å². The number of aryl methyl sites for hydroxylation is 2. The number of benzene rings is 1. The molecule has 0 spiro atoms. The standard InChI is InChI=1S/C26H32N4O4S2/c1-5-17-11-13-18(14-12-17)34-16(3)23-28-29-26(30(23)4)35-15-21(31)27-24-22(25(32)33-6-2)19-9-7-8-10-20(19)36-24/h11-14,16H,5-10,15H2,1-4H3,(H,27,31). The minimum Gasteiger partial charge on any atom is -0.483 e. The maximum atomic E-state index is 12.8. The molecule has 0 fully saturated rings. The molecule has 3 aromatic rings. The van der Waals surface area contributed by atoms with E-state index in [-0.39, 0.29) is 23.7 Å². The number of ether oxygens (including phenoxy) is 2. The lowest BCUT2D eigenvalue weighted by atomic mass is 9.95. The summed E-state index contributed by atoms with van der Waals surface area (Å²) < 4.78 is 13.2. The van der Waals surface area contributed by atoms with Gasteiger partial charge in [0, 0.05) is 11.9 Å². The molecule has 1 amide bonds. The number of anilines is 1. The smallest absolute Gasteiger partial charge is 0.341 e. The van der Waals surface area contributed by atoms with Crippen LogP contribution in [0.15, 0.2) is 29.4 Å². The highest BCUT2D eigenvalue weighted by atomic mass is 32.2. The Bertz CT molecular complexity index is 1220. The molecule has 4 rings (SSSR count). The monoisotopic (exact) mass is 528 g/mol. The SMILES string of the molecule is CCOC(=O)c1c(NC(=O)CSc2nnc(C(C)Oc3ccc(CC)cc3)n2C)sc2c1CCCC2. The molecule has 2 heterocycles. The normalized spacial score (nSPS) is 13.7. The topological polar surface area (TPSA) is 95.3 Å². The minimum atomic E-state index is -0.365. The first-order chi connectivity index (χ1) is 17.4. The average Bonchev–Trinajstić information content (AvgIpc) is 3.43. The third-order valence-corrected chi connectivity index (χ3v) is 8.34. The molecule has 8 nitrogen and oxygen atoms in total. The summed E-state index contributed by atoms with van der Waals surface area (Å²) in [6.45, 7) is 6.13. The Kier molecular flexibility index (Phi) is 8.68. The van der Waals surface area contributed by atoms with Crippen LogP contribution in [0.25, 0.3) is 0 Å². The molecule has 1 aromatic carbocycles. The summed E-state index contributed by atoms with van der Waals surface area (Å²) in [6.07, 6.45) is 4.59. The van der Waals surface area contributed by atoms with E-state index in [1.165, 1.54) is 33.5 Å². The van der Waals surface area contributed by atoms with Crippen LogP contribution in [0.5, 0.6) is 5.75 Å². The second kappa shape index (κ2) is 11.9. The summed E-state index contributed by atoms with van der Waals surface area (Å²) >= 11 is 2.78. The molecule has 1 aliphatic carbocycles. The van der Waals surface area contributed by atoms with E-state index in [2.05, 4.69) is 34.6 Å². The molecule has 1 unspecified atom stereocenters. The van der Waals surface area contributed by atoms with E-state index in [0.29, 0.717) is 28.2 Å². The number of fused-ring (bicyclic) bond motifs is 1. The minimum absolute atomic E-state index is 0.143. The zero-order valence-corrected chi connectivity index (χ0v) is 22.8. The van der Waals surface area contributed by atoms with E-state index in [0.717, 1.165) is 43.4 Å². The Hall–Kier alpha value is -2.85. The quantitative estimate of drug-likeness (QED) is 0.279. The van der Waals surface area contributed by atoms with Gasteiger partial charge in [0.05, 0.1) is 17.9 Å². The van der Waals surface area contributed by atoms with Gasteiger partial charge in [-0.05, 0) is 69.2 Å². The van der Waals surface area contributed by atoms with Gasteiger partial charge in [0.15, 0.2) is 17.1 Å². The number of esters is 1. The van der Waals surface area contributed by atoms with Crippen LogP contribution in [0.1, 0.15) is 71.9 Å². The summed E-state index contributed by atoms with van der Waals surface area (Å²) in [7, 11) is 1.86. The first-order valence-electron chi connectivity index (χ1n) is 12.3. The highest BCUT2D eigenvalue weighted by Crippen LogP contribution is 2.38. The molecule has 36 heavy (non-hydrogen) atoms. The maximum absolute atomic E-state index is 12.8. The number of carbonyl (C=O) groups is 2. The summed E-state index contributed by atoms with van der Waals surface area (Å²) in [4.78, 5) is 26.6. The van der Waals surface area contributed by atoms with Crippen LogP contribution in [-0.2, 0) is 35.8 Å². The fourth-order valence-electron chi connectivity index (χ4n) is 4.23. The third-order valence-electron chi connectivity index (χ3n) is 6.11. The van der Waals surface area contributed by atoms with Crippen molar-refractivity contribution >= 4 is 40.0 Å². The number of rotatable bonds is 10. The molecule has 1 N–H and O–H groups in total. The number of hydrogen-bond acceptors (Lipinski definition) is 8. The predicted octanol–water partition coefficient (Wildman–Crippen LogP) is 5.37. The second-order valence-corrected chi connectivity index (χ2v) is 10.7. The molecule has 0 saturated carbocycles. The molecule has 0 saturated heterocycles. The first-order valence-corrected chi connectivity index (χ1v) is 14.1. The molecule has 1 aliphatic rings. The van der Waals surface area contributed by atoms with Gasteiger partial charge in [0.25, 0.3) is 0 Å². The van der Waals surface area contributed by atoms with E-state index < -0.39 is 0 Å². The van der Waals surface area contributed by atoms with E-state index in [1.54, 1.807) is 6.92 Å². The van der Waals surface area contributed by atoms with Gasteiger partial charge in [0.1, 0.15) is 10.8 Å². The number of nitrogens with zero attached hydrogens (tertiary/aromatic N) is 3. The first kappa shape index (κ1) is 26.2. The van der Waals surface area contributed by atoms with Crippen molar-refractivity contribution in [1.29, 1.82) is 0 Å². The van der Waals surface area contributed by atoms with Crippen molar-refractivity contribution < 1.29 is 19.1 Å². The van der Waals surface area contributed by atoms with Crippen molar-refractivity contribution in [2.24, 2.45) is 7.05 Å². The van der Waals surface area contributed by atoms with Crippen molar-refractivity contribution in [3.8, 4) is 5.75 Å². The summed E-state index contributed by atoms with van der Waals surface area (Å²) in [5.41, 5.74) is 2.81. The van der Waals surface area contributed by atoms with Crippen molar-refractivity contribution in [3.05, 3.63) is 51.7 Å². The molecule has 0 bridgehead atoms. The Labute approximate surface area is 219 Å². The molecular formula is C26H32N4O4S2. The van der Waals surface area contributed by atoms with Gasteiger partial charge in [-0.3, -0.25) is 4.79 Å².